The number of amides is 1. The maximum atomic E-state index is 12.2. The minimum atomic E-state index is -2.46. The Morgan fingerprint density at radius 1 is 1.35 bits per heavy atom. The van der Waals surface area contributed by atoms with Gasteiger partial charge in [0.2, 0.25) is 0 Å². The molecule has 2 atom stereocenters. The van der Waals surface area contributed by atoms with Gasteiger partial charge in [0.05, 0.1) is 6.10 Å². The number of aliphatic hydroxyl groups excluding tert-OH is 1. The van der Waals surface area contributed by atoms with Gasteiger partial charge in [-0.2, -0.15) is 8.78 Å². The summed E-state index contributed by atoms with van der Waals surface area (Å²) in [5, 5.41) is 12.4. The lowest BCUT2D eigenvalue weighted by Crippen LogP contribution is -2.32. The number of hydrogen-bond donors (Lipinski definition) is 2. The molecule has 1 amide bonds. The molecule has 3 nitrogen and oxygen atoms in total. The number of hydrogen-bond acceptors (Lipinski definition) is 3. The van der Waals surface area contributed by atoms with Crippen LogP contribution in [0.2, 0.25) is 0 Å². The number of benzene rings is 1. The molecule has 1 aliphatic rings. The SMILES string of the molecule is O=C(NCC1CCCC1O)c1ccc(SC(F)F)cc1. The van der Waals surface area contributed by atoms with Gasteiger partial charge in [0.1, 0.15) is 0 Å². The molecule has 110 valence electrons. The molecule has 0 saturated heterocycles. The van der Waals surface area contributed by atoms with Crippen molar-refractivity contribution in [2.24, 2.45) is 5.92 Å². The van der Waals surface area contributed by atoms with Crippen LogP contribution in [0.1, 0.15) is 29.6 Å². The summed E-state index contributed by atoms with van der Waals surface area (Å²) in [5.41, 5.74) is 0.441. The van der Waals surface area contributed by atoms with Crippen molar-refractivity contribution >= 4 is 17.7 Å². The lowest BCUT2D eigenvalue weighted by atomic mass is 10.1. The summed E-state index contributed by atoms with van der Waals surface area (Å²) in [6, 6.07) is 6.09. The largest absolute Gasteiger partial charge is 0.393 e. The topological polar surface area (TPSA) is 49.3 Å². The van der Waals surface area contributed by atoms with E-state index in [1.165, 1.54) is 24.3 Å². The average Bonchev–Trinajstić information content (AvgIpc) is 2.82. The number of thioether (sulfide) groups is 1. The standard InChI is InChI=1S/C14H17F2NO2S/c15-14(16)20-11-6-4-9(5-7-11)13(19)17-8-10-2-1-3-12(10)18/h4-7,10,12,14,18H,1-3,8H2,(H,17,19). The molecule has 0 aliphatic heterocycles. The van der Waals surface area contributed by atoms with Crippen LogP contribution in [-0.4, -0.2) is 29.4 Å². The van der Waals surface area contributed by atoms with Gasteiger partial charge in [-0.05, 0) is 37.1 Å². The number of nitrogens with one attached hydrogen (secondary N) is 1. The molecule has 1 aliphatic carbocycles. The number of rotatable bonds is 5. The molecule has 1 fully saturated rings. The van der Waals surface area contributed by atoms with Gasteiger partial charge in [-0.1, -0.05) is 18.2 Å². The fraction of sp³-hybridized carbons (Fsp3) is 0.500. The molecule has 0 radical (unpaired) electrons. The summed E-state index contributed by atoms with van der Waals surface area (Å²) in [7, 11) is 0. The normalized spacial score (nSPS) is 22.2. The van der Waals surface area contributed by atoms with Crippen molar-refractivity contribution in [1.29, 1.82) is 0 Å². The van der Waals surface area contributed by atoms with Crippen molar-refractivity contribution in [1.82, 2.24) is 5.32 Å². The molecular formula is C14H17F2NO2S. The lowest BCUT2D eigenvalue weighted by molar-refractivity contribution is 0.0916. The van der Waals surface area contributed by atoms with Gasteiger partial charge in [0.25, 0.3) is 11.7 Å². The molecule has 20 heavy (non-hydrogen) atoms. The summed E-state index contributed by atoms with van der Waals surface area (Å²) < 4.78 is 24.3. The second-order valence-electron chi connectivity index (χ2n) is 4.87. The van der Waals surface area contributed by atoms with E-state index in [0.717, 1.165) is 19.3 Å². The van der Waals surface area contributed by atoms with Crippen molar-refractivity contribution in [2.75, 3.05) is 6.54 Å². The van der Waals surface area contributed by atoms with Crippen molar-refractivity contribution in [3.8, 4) is 0 Å². The zero-order valence-corrected chi connectivity index (χ0v) is 11.7. The first-order valence-electron chi connectivity index (χ1n) is 6.57. The Kier molecular flexibility index (Phi) is 5.37. The van der Waals surface area contributed by atoms with Crippen LogP contribution in [-0.2, 0) is 0 Å². The van der Waals surface area contributed by atoms with E-state index in [1.54, 1.807) is 0 Å². The third-order valence-corrected chi connectivity index (χ3v) is 4.21. The highest BCUT2D eigenvalue weighted by Crippen LogP contribution is 2.26. The van der Waals surface area contributed by atoms with Gasteiger partial charge >= 0.3 is 0 Å². The van der Waals surface area contributed by atoms with Crippen LogP contribution in [0, 0.1) is 5.92 Å². The molecule has 0 spiro atoms. The number of carbonyl (C=O) groups is 1. The Morgan fingerprint density at radius 3 is 2.60 bits per heavy atom. The molecule has 2 unspecified atom stereocenters. The van der Waals surface area contributed by atoms with Gasteiger partial charge in [-0.3, -0.25) is 4.79 Å². The van der Waals surface area contributed by atoms with E-state index in [2.05, 4.69) is 5.32 Å². The van der Waals surface area contributed by atoms with Crippen molar-refractivity contribution < 1.29 is 18.7 Å². The van der Waals surface area contributed by atoms with Gasteiger partial charge < -0.3 is 10.4 Å². The first-order chi connectivity index (χ1) is 9.56. The molecule has 0 aromatic heterocycles. The Hall–Kier alpha value is -1.14. The van der Waals surface area contributed by atoms with Crippen molar-refractivity contribution in [3.63, 3.8) is 0 Å². The van der Waals surface area contributed by atoms with Crippen molar-refractivity contribution in [3.05, 3.63) is 29.8 Å². The fourth-order valence-corrected chi connectivity index (χ4v) is 2.87. The Balaban J connectivity index is 1.85. The summed E-state index contributed by atoms with van der Waals surface area (Å²) in [6.45, 7) is 0.452. The smallest absolute Gasteiger partial charge is 0.288 e. The van der Waals surface area contributed by atoms with Crippen LogP contribution in [0.3, 0.4) is 0 Å². The number of halogens is 2. The zero-order chi connectivity index (χ0) is 14.5. The molecule has 1 saturated carbocycles. The maximum Gasteiger partial charge on any atom is 0.288 e. The zero-order valence-electron chi connectivity index (χ0n) is 10.9. The lowest BCUT2D eigenvalue weighted by Gasteiger charge is -2.15. The molecule has 2 rings (SSSR count). The van der Waals surface area contributed by atoms with E-state index >= 15 is 0 Å². The second kappa shape index (κ2) is 7.04. The summed E-state index contributed by atoms with van der Waals surface area (Å²) >= 11 is 0.455. The van der Waals surface area contributed by atoms with Crippen LogP contribution < -0.4 is 5.32 Å². The molecule has 0 heterocycles. The van der Waals surface area contributed by atoms with Crippen LogP contribution in [0.25, 0.3) is 0 Å². The van der Waals surface area contributed by atoms with Crippen LogP contribution in [0.5, 0.6) is 0 Å². The Morgan fingerprint density at radius 2 is 2.05 bits per heavy atom. The second-order valence-corrected chi connectivity index (χ2v) is 5.93. The minimum absolute atomic E-state index is 0.118. The first-order valence-corrected chi connectivity index (χ1v) is 7.45. The Bertz CT molecular complexity index is 453. The first kappa shape index (κ1) is 15.3. The van der Waals surface area contributed by atoms with E-state index in [4.69, 9.17) is 0 Å². The van der Waals surface area contributed by atoms with Gasteiger partial charge in [-0.25, -0.2) is 0 Å². The molecule has 2 N–H and O–H groups in total. The molecule has 0 bridgehead atoms. The molecule has 1 aromatic carbocycles. The highest BCUT2D eigenvalue weighted by molar-refractivity contribution is 7.99. The number of alkyl halides is 2. The summed E-state index contributed by atoms with van der Waals surface area (Å²) in [6.07, 6.45) is 2.37. The van der Waals surface area contributed by atoms with Gasteiger partial charge in [0, 0.05) is 22.9 Å². The summed E-state index contributed by atoms with van der Waals surface area (Å²) in [4.78, 5) is 12.3. The van der Waals surface area contributed by atoms with Crippen LogP contribution >= 0.6 is 11.8 Å². The maximum absolute atomic E-state index is 12.2. The van der Waals surface area contributed by atoms with Gasteiger partial charge in [-0.15, -0.1) is 0 Å². The minimum Gasteiger partial charge on any atom is -0.393 e. The molecule has 6 heteroatoms. The third kappa shape index (κ3) is 4.18. The predicted octanol–water partition coefficient (Wildman–Crippen LogP) is 2.89. The van der Waals surface area contributed by atoms with E-state index in [1.807, 2.05) is 0 Å². The van der Waals surface area contributed by atoms with Crippen LogP contribution in [0.4, 0.5) is 8.78 Å². The Labute approximate surface area is 120 Å². The molecular weight excluding hydrogens is 284 g/mol. The highest BCUT2D eigenvalue weighted by atomic mass is 32.2. The predicted molar refractivity (Wildman–Crippen MR) is 74.0 cm³/mol. The fourth-order valence-electron chi connectivity index (χ4n) is 2.37. The molecule has 1 aromatic rings. The third-order valence-electron chi connectivity index (χ3n) is 3.49. The van der Waals surface area contributed by atoms with E-state index in [-0.39, 0.29) is 17.9 Å². The monoisotopic (exact) mass is 301 g/mol. The van der Waals surface area contributed by atoms with Gasteiger partial charge in [0.15, 0.2) is 0 Å². The van der Waals surface area contributed by atoms with Crippen LogP contribution in [0.15, 0.2) is 29.2 Å². The highest BCUT2D eigenvalue weighted by Gasteiger charge is 2.25. The van der Waals surface area contributed by atoms with Crippen molar-refractivity contribution in [2.45, 2.75) is 36.0 Å². The summed E-state index contributed by atoms with van der Waals surface area (Å²) in [5.74, 6) is -2.58. The van der Waals surface area contributed by atoms with E-state index in [0.29, 0.717) is 28.8 Å². The number of carbonyl (C=O) groups excluding carboxylic acids is 1. The van der Waals surface area contributed by atoms with E-state index in [9.17, 15) is 18.7 Å². The van der Waals surface area contributed by atoms with E-state index < -0.39 is 5.76 Å². The average molecular weight is 301 g/mol. The quantitative estimate of drug-likeness (QED) is 0.822. The number of aliphatic hydroxyl groups is 1.